The molecule has 0 aromatic heterocycles. The SMILES string of the molecule is CCC(C)CC1CCC(c2ccc(C#N)cc2)CC1. The summed E-state index contributed by atoms with van der Waals surface area (Å²) in [5.74, 6) is 2.56. The van der Waals surface area contributed by atoms with Gasteiger partial charge in [-0.05, 0) is 67.6 Å². The van der Waals surface area contributed by atoms with Gasteiger partial charge >= 0.3 is 0 Å². The quantitative estimate of drug-likeness (QED) is 0.719. The fraction of sp³-hybridized carbons (Fsp3) is 0.611. The van der Waals surface area contributed by atoms with Gasteiger partial charge in [0.15, 0.2) is 0 Å². The van der Waals surface area contributed by atoms with Gasteiger partial charge in [0, 0.05) is 0 Å². The molecule has 0 radical (unpaired) electrons. The molecule has 1 atom stereocenters. The molecule has 2 rings (SSSR count). The summed E-state index contributed by atoms with van der Waals surface area (Å²) < 4.78 is 0. The summed E-state index contributed by atoms with van der Waals surface area (Å²) in [6, 6.07) is 10.4. The highest BCUT2D eigenvalue weighted by Gasteiger charge is 2.23. The van der Waals surface area contributed by atoms with Crippen molar-refractivity contribution in [3.05, 3.63) is 35.4 Å². The number of nitriles is 1. The molecule has 1 fully saturated rings. The maximum atomic E-state index is 8.83. The van der Waals surface area contributed by atoms with Crippen LogP contribution in [0.25, 0.3) is 0 Å². The Kier molecular flexibility index (Phi) is 5.02. The summed E-state index contributed by atoms with van der Waals surface area (Å²) in [7, 11) is 0. The van der Waals surface area contributed by atoms with Gasteiger partial charge in [-0.1, -0.05) is 32.4 Å². The Morgan fingerprint density at radius 1 is 1.16 bits per heavy atom. The third-order valence-corrected chi connectivity index (χ3v) is 4.79. The van der Waals surface area contributed by atoms with Crippen molar-refractivity contribution >= 4 is 0 Å². The van der Waals surface area contributed by atoms with Crippen LogP contribution in [-0.2, 0) is 0 Å². The predicted octanol–water partition coefficient (Wildman–Crippen LogP) is 5.27. The average Bonchev–Trinajstić information content (AvgIpc) is 2.48. The number of nitrogens with zero attached hydrogens (tertiary/aromatic N) is 1. The van der Waals surface area contributed by atoms with Crippen molar-refractivity contribution in [2.24, 2.45) is 11.8 Å². The van der Waals surface area contributed by atoms with E-state index < -0.39 is 0 Å². The lowest BCUT2D eigenvalue weighted by molar-refractivity contribution is 0.273. The fourth-order valence-electron chi connectivity index (χ4n) is 3.30. The molecular weight excluding hydrogens is 230 g/mol. The van der Waals surface area contributed by atoms with Gasteiger partial charge in [0.25, 0.3) is 0 Å². The first-order valence-corrected chi connectivity index (χ1v) is 7.73. The molecule has 0 N–H and O–H groups in total. The van der Waals surface area contributed by atoms with E-state index in [0.717, 1.165) is 23.3 Å². The Bertz CT molecular complexity index is 418. The van der Waals surface area contributed by atoms with E-state index in [1.165, 1.54) is 44.1 Å². The van der Waals surface area contributed by atoms with Crippen LogP contribution in [0.15, 0.2) is 24.3 Å². The van der Waals surface area contributed by atoms with E-state index in [1.54, 1.807) is 0 Å². The first kappa shape index (κ1) is 14.1. The molecule has 1 aliphatic carbocycles. The smallest absolute Gasteiger partial charge is 0.0991 e. The minimum absolute atomic E-state index is 0.723. The Morgan fingerprint density at radius 3 is 2.32 bits per heavy atom. The molecule has 0 saturated heterocycles. The maximum absolute atomic E-state index is 8.83. The molecule has 0 heterocycles. The van der Waals surface area contributed by atoms with Crippen LogP contribution in [0.2, 0.25) is 0 Å². The third-order valence-electron chi connectivity index (χ3n) is 4.79. The van der Waals surface area contributed by atoms with Crippen molar-refractivity contribution in [1.29, 1.82) is 5.26 Å². The molecular formula is C18H25N. The van der Waals surface area contributed by atoms with Crippen LogP contribution in [0.5, 0.6) is 0 Å². The van der Waals surface area contributed by atoms with E-state index in [9.17, 15) is 0 Å². The van der Waals surface area contributed by atoms with E-state index in [-0.39, 0.29) is 0 Å². The van der Waals surface area contributed by atoms with Gasteiger partial charge in [0.2, 0.25) is 0 Å². The van der Waals surface area contributed by atoms with Crippen LogP contribution >= 0.6 is 0 Å². The minimum Gasteiger partial charge on any atom is -0.192 e. The molecule has 102 valence electrons. The van der Waals surface area contributed by atoms with Crippen molar-refractivity contribution < 1.29 is 0 Å². The predicted molar refractivity (Wildman–Crippen MR) is 79.9 cm³/mol. The summed E-state index contributed by atoms with van der Waals surface area (Å²) in [5, 5.41) is 8.83. The fourth-order valence-corrected chi connectivity index (χ4v) is 3.30. The molecule has 1 aromatic carbocycles. The van der Waals surface area contributed by atoms with Gasteiger partial charge in [0.1, 0.15) is 0 Å². The van der Waals surface area contributed by atoms with Gasteiger partial charge in [-0.15, -0.1) is 0 Å². The third kappa shape index (κ3) is 3.83. The van der Waals surface area contributed by atoms with Gasteiger partial charge in [-0.3, -0.25) is 0 Å². The lowest BCUT2D eigenvalue weighted by atomic mass is 9.75. The lowest BCUT2D eigenvalue weighted by Gasteiger charge is -2.30. The number of hydrogen-bond donors (Lipinski definition) is 0. The summed E-state index contributed by atoms with van der Waals surface area (Å²) in [6.45, 7) is 4.68. The molecule has 1 aliphatic rings. The topological polar surface area (TPSA) is 23.8 Å². The summed E-state index contributed by atoms with van der Waals surface area (Å²) in [5.41, 5.74) is 2.20. The van der Waals surface area contributed by atoms with Gasteiger partial charge in [-0.25, -0.2) is 0 Å². The van der Waals surface area contributed by atoms with Crippen molar-refractivity contribution in [2.45, 2.75) is 58.3 Å². The number of hydrogen-bond acceptors (Lipinski definition) is 1. The monoisotopic (exact) mass is 255 g/mol. The van der Waals surface area contributed by atoms with E-state index in [0.29, 0.717) is 0 Å². The van der Waals surface area contributed by atoms with Crippen molar-refractivity contribution in [3.63, 3.8) is 0 Å². The standard InChI is InChI=1S/C18H25N/c1-3-14(2)12-15-4-8-17(9-5-15)18-10-6-16(13-19)7-11-18/h6-7,10-11,14-15,17H,3-5,8-9,12H2,1-2H3. The number of benzene rings is 1. The zero-order chi connectivity index (χ0) is 13.7. The van der Waals surface area contributed by atoms with E-state index in [1.807, 2.05) is 12.1 Å². The minimum atomic E-state index is 0.723. The maximum Gasteiger partial charge on any atom is 0.0991 e. The molecule has 0 spiro atoms. The molecule has 0 bridgehead atoms. The lowest BCUT2D eigenvalue weighted by Crippen LogP contribution is -2.15. The second kappa shape index (κ2) is 6.75. The first-order valence-electron chi connectivity index (χ1n) is 7.73. The van der Waals surface area contributed by atoms with Crippen molar-refractivity contribution in [3.8, 4) is 6.07 Å². The molecule has 1 unspecified atom stereocenters. The molecule has 1 saturated carbocycles. The Morgan fingerprint density at radius 2 is 1.79 bits per heavy atom. The van der Waals surface area contributed by atoms with Crippen LogP contribution in [0, 0.1) is 23.2 Å². The molecule has 19 heavy (non-hydrogen) atoms. The molecule has 1 nitrogen and oxygen atoms in total. The van der Waals surface area contributed by atoms with E-state index >= 15 is 0 Å². The Hall–Kier alpha value is -1.29. The zero-order valence-electron chi connectivity index (χ0n) is 12.2. The van der Waals surface area contributed by atoms with Gasteiger partial charge in [-0.2, -0.15) is 5.26 Å². The normalized spacial score (nSPS) is 24.7. The second-order valence-corrected chi connectivity index (χ2v) is 6.20. The van der Waals surface area contributed by atoms with Gasteiger partial charge < -0.3 is 0 Å². The van der Waals surface area contributed by atoms with Crippen LogP contribution in [0.4, 0.5) is 0 Å². The van der Waals surface area contributed by atoms with Crippen LogP contribution in [-0.4, -0.2) is 0 Å². The van der Waals surface area contributed by atoms with E-state index in [2.05, 4.69) is 32.0 Å². The van der Waals surface area contributed by atoms with Gasteiger partial charge in [0.05, 0.1) is 11.6 Å². The second-order valence-electron chi connectivity index (χ2n) is 6.20. The molecule has 1 heteroatoms. The largest absolute Gasteiger partial charge is 0.192 e. The first-order chi connectivity index (χ1) is 9.22. The van der Waals surface area contributed by atoms with E-state index in [4.69, 9.17) is 5.26 Å². The highest BCUT2D eigenvalue weighted by Crippen LogP contribution is 2.38. The highest BCUT2D eigenvalue weighted by atomic mass is 14.3. The summed E-state index contributed by atoms with van der Waals surface area (Å²) in [4.78, 5) is 0. The Labute approximate surface area is 117 Å². The molecule has 0 aliphatic heterocycles. The Balaban J connectivity index is 1.87. The highest BCUT2D eigenvalue weighted by molar-refractivity contribution is 5.33. The van der Waals surface area contributed by atoms with Crippen LogP contribution in [0.1, 0.15) is 69.4 Å². The molecule has 1 aromatic rings. The summed E-state index contributed by atoms with van der Waals surface area (Å²) in [6.07, 6.45) is 8.15. The number of rotatable bonds is 4. The molecule has 0 amide bonds. The van der Waals surface area contributed by atoms with Crippen LogP contribution in [0.3, 0.4) is 0 Å². The zero-order valence-corrected chi connectivity index (χ0v) is 12.2. The van der Waals surface area contributed by atoms with Crippen molar-refractivity contribution in [1.82, 2.24) is 0 Å². The summed E-state index contributed by atoms with van der Waals surface area (Å²) >= 11 is 0. The van der Waals surface area contributed by atoms with Crippen molar-refractivity contribution in [2.75, 3.05) is 0 Å². The van der Waals surface area contributed by atoms with Crippen LogP contribution < -0.4 is 0 Å². The average molecular weight is 255 g/mol.